The summed E-state index contributed by atoms with van der Waals surface area (Å²) in [5, 5.41) is 3.50. The van der Waals surface area contributed by atoms with Gasteiger partial charge in [-0.3, -0.25) is 4.98 Å². The molecule has 1 fully saturated rings. The molecule has 0 spiro atoms. The lowest BCUT2D eigenvalue weighted by molar-refractivity contribution is -0.138. The molecule has 35 heavy (non-hydrogen) atoms. The van der Waals surface area contributed by atoms with Gasteiger partial charge in [0.2, 0.25) is 0 Å². The quantitative estimate of drug-likeness (QED) is 0.309. The number of anilines is 2. The molecule has 4 heterocycles. The smallest absolute Gasteiger partial charge is 0.340 e. The van der Waals surface area contributed by atoms with Crippen molar-refractivity contribution < 1.29 is 26.3 Å². The number of aromatic nitrogens is 4. The van der Waals surface area contributed by atoms with Gasteiger partial charge in [0.1, 0.15) is 11.5 Å². The Labute approximate surface area is 195 Å². The highest BCUT2D eigenvalue weighted by atomic mass is 19.4. The zero-order valence-electron chi connectivity index (χ0n) is 18.0. The monoisotopic (exact) mass is 489 g/mol. The summed E-state index contributed by atoms with van der Waals surface area (Å²) in [4.78, 5) is 16.7. The van der Waals surface area contributed by atoms with E-state index in [0.717, 1.165) is 37.6 Å². The third kappa shape index (κ3) is 4.62. The summed E-state index contributed by atoms with van der Waals surface area (Å²) in [5.41, 5.74) is -0.659. The van der Waals surface area contributed by atoms with Crippen LogP contribution in [0.3, 0.4) is 0 Å². The van der Waals surface area contributed by atoms with Gasteiger partial charge < -0.3 is 5.32 Å². The van der Waals surface area contributed by atoms with Gasteiger partial charge in [0.15, 0.2) is 5.65 Å². The zero-order valence-corrected chi connectivity index (χ0v) is 18.0. The van der Waals surface area contributed by atoms with Crippen molar-refractivity contribution in [2.75, 3.05) is 5.32 Å². The molecule has 0 amide bonds. The number of rotatable bonds is 4. The molecule has 180 valence electrons. The minimum atomic E-state index is -4.61. The normalized spacial score (nSPS) is 14.7. The fourth-order valence-corrected chi connectivity index (χ4v) is 3.88. The van der Waals surface area contributed by atoms with Crippen LogP contribution in [0.4, 0.5) is 37.8 Å². The molecule has 0 radical (unpaired) electrons. The predicted octanol–water partition coefficient (Wildman–Crippen LogP) is 7.14. The lowest BCUT2D eigenvalue weighted by Gasteiger charge is -2.25. The molecule has 1 aliphatic carbocycles. The Hall–Kier alpha value is -3.76. The maximum Gasteiger partial charge on any atom is 0.418 e. The molecule has 5 nitrogen and oxygen atoms in total. The van der Waals surface area contributed by atoms with E-state index in [1.165, 1.54) is 24.4 Å². The average molecular weight is 489 g/mol. The van der Waals surface area contributed by atoms with E-state index in [1.54, 1.807) is 12.1 Å². The minimum absolute atomic E-state index is 0.0160. The van der Waals surface area contributed by atoms with Crippen LogP contribution in [0, 0.1) is 0 Å². The van der Waals surface area contributed by atoms with Gasteiger partial charge in [-0.1, -0.05) is 6.42 Å². The number of halogens is 6. The van der Waals surface area contributed by atoms with Gasteiger partial charge in [-0.2, -0.15) is 26.3 Å². The topological polar surface area (TPSA) is 63.6 Å². The highest BCUT2D eigenvalue weighted by Gasteiger charge is 2.35. The molecule has 11 heteroatoms. The van der Waals surface area contributed by atoms with Crippen LogP contribution in [0.1, 0.15) is 42.0 Å². The van der Waals surface area contributed by atoms with Gasteiger partial charge >= 0.3 is 12.4 Å². The summed E-state index contributed by atoms with van der Waals surface area (Å²) < 4.78 is 79.1. The molecular formula is C24H17F6N5. The highest BCUT2D eigenvalue weighted by Crippen LogP contribution is 2.40. The number of fused-ring (bicyclic) bond motifs is 1. The van der Waals surface area contributed by atoms with Gasteiger partial charge in [0.25, 0.3) is 0 Å². The van der Waals surface area contributed by atoms with Crippen molar-refractivity contribution in [3.8, 4) is 11.4 Å². The first-order chi connectivity index (χ1) is 16.6. The van der Waals surface area contributed by atoms with Gasteiger partial charge in [-0.05, 0) is 55.3 Å². The molecule has 4 aromatic rings. The number of nitrogens with zero attached hydrogens (tertiary/aromatic N) is 4. The zero-order chi connectivity index (χ0) is 24.8. The standard InChI is InChI=1S/C24H17F6N5/c25-23(26,27)14-6-9-20(32-12-14)33-19-11-18(13-3-1-4-13)35-22-15(19)7-8-17(34-22)21-16(24(28,29)30)5-2-10-31-21/h2,5-13H,1,3-4H2,(H,32,33,34,35). The first kappa shape index (κ1) is 23.0. The SMILES string of the molecule is FC(F)(F)c1ccc(Nc2cc(C3CCC3)nc3nc(-c4ncccc4C(F)(F)F)ccc23)nc1. The summed E-state index contributed by atoms with van der Waals surface area (Å²) in [6.07, 6.45) is -4.27. The Morgan fingerprint density at radius 1 is 0.857 bits per heavy atom. The second-order valence-electron chi connectivity index (χ2n) is 8.24. The van der Waals surface area contributed by atoms with Crippen molar-refractivity contribution >= 4 is 22.5 Å². The molecule has 0 atom stereocenters. The largest absolute Gasteiger partial charge is 0.418 e. The maximum absolute atomic E-state index is 13.5. The Balaban J connectivity index is 1.59. The second-order valence-corrected chi connectivity index (χ2v) is 8.24. The number of pyridine rings is 4. The van der Waals surface area contributed by atoms with E-state index in [9.17, 15) is 26.3 Å². The molecule has 0 unspecified atom stereocenters. The molecule has 0 bridgehead atoms. The van der Waals surface area contributed by atoms with Gasteiger partial charge in [0.05, 0.1) is 22.5 Å². The lowest BCUT2D eigenvalue weighted by Crippen LogP contribution is -2.12. The van der Waals surface area contributed by atoms with Crippen molar-refractivity contribution in [1.82, 2.24) is 19.9 Å². The predicted molar refractivity (Wildman–Crippen MR) is 117 cm³/mol. The molecule has 4 aromatic heterocycles. The number of alkyl halides is 6. The number of nitrogens with one attached hydrogen (secondary N) is 1. The summed E-state index contributed by atoms with van der Waals surface area (Å²) in [7, 11) is 0. The molecule has 0 saturated heterocycles. The van der Waals surface area contributed by atoms with Crippen LogP contribution in [0.25, 0.3) is 22.4 Å². The van der Waals surface area contributed by atoms with Gasteiger partial charge in [-0.15, -0.1) is 0 Å². The molecule has 1 N–H and O–H groups in total. The van der Waals surface area contributed by atoms with Crippen LogP contribution in [0.15, 0.2) is 54.9 Å². The number of hydrogen-bond donors (Lipinski definition) is 1. The van der Waals surface area contributed by atoms with Crippen molar-refractivity contribution in [1.29, 1.82) is 0 Å². The molecule has 1 saturated carbocycles. The summed E-state index contributed by atoms with van der Waals surface area (Å²) in [6, 6.07) is 9.04. The lowest BCUT2D eigenvalue weighted by atomic mass is 9.82. The Kier molecular flexibility index (Phi) is 5.57. The summed E-state index contributed by atoms with van der Waals surface area (Å²) >= 11 is 0. The average Bonchev–Trinajstić information content (AvgIpc) is 2.77. The van der Waals surface area contributed by atoms with E-state index < -0.39 is 23.5 Å². The van der Waals surface area contributed by atoms with Gasteiger partial charge in [-0.25, -0.2) is 15.0 Å². The van der Waals surface area contributed by atoms with Crippen LogP contribution < -0.4 is 5.32 Å². The van der Waals surface area contributed by atoms with E-state index >= 15 is 0 Å². The van der Waals surface area contributed by atoms with E-state index in [-0.39, 0.29) is 28.8 Å². The van der Waals surface area contributed by atoms with E-state index in [4.69, 9.17) is 0 Å². The molecule has 1 aliphatic rings. The van der Waals surface area contributed by atoms with Crippen LogP contribution >= 0.6 is 0 Å². The Bertz CT molecular complexity index is 1380. The molecule has 0 aromatic carbocycles. The second kappa shape index (κ2) is 8.47. The third-order valence-electron chi connectivity index (χ3n) is 5.93. The fraction of sp³-hybridized carbons (Fsp3) is 0.250. The third-order valence-corrected chi connectivity index (χ3v) is 5.93. The molecular weight excluding hydrogens is 472 g/mol. The summed E-state index contributed by atoms with van der Waals surface area (Å²) in [5.74, 6) is 0.352. The van der Waals surface area contributed by atoms with Crippen molar-refractivity contribution in [2.24, 2.45) is 0 Å². The molecule has 5 rings (SSSR count). The van der Waals surface area contributed by atoms with Gasteiger partial charge in [0, 0.05) is 29.4 Å². The fourth-order valence-electron chi connectivity index (χ4n) is 3.88. The molecule has 0 aliphatic heterocycles. The minimum Gasteiger partial charge on any atom is -0.340 e. The van der Waals surface area contributed by atoms with Crippen molar-refractivity contribution in [3.05, 3.63) is 71.7 Å². The maximum atomic E-state index is 13.5. The van der Waals surface area contributed by atoms with Crippen LogP contribution in [0.5, 0.6) is 0 Å². The van der Waals surface area contributed by atoms with Crippen LogP contribution in [0.2, 0.25) is 0 Å². The first-order valence-electron chi connectivity index (χ1n) is 10.7. The Morgan fingerprint density at radius 2 is 1.66 bits per heavy atom. The van der Waals surface area contributed by atoms with Crippen LogP contribution in [-0.2, 0) is 12.4 Å². The Morgan fingerprint density at radius 3 is 2.29 bits per heavy atom. The van der Waals surface area contributed by atoms with E-state index in [2.05, 4.69) is 25.3 Å². The van der Waals surface area contributed by atoms with E-state index in [0.29, 0.717) is 16.8 Å². The van der Waals surface area contributed by atoms with Crippen molar-refractivity contribution in [3.63, 3.8) is 0 Å². The van der Waals surface area contributed by atoms with Crippen molar-refractivity contribution in [2.45, 2.75) is 37.5 Å². The highest BCUT2D eigenvalue weighted by molar-refractivity contribution is 5.92. The van der Waals surface area contributed by atoms with Crippen LogP contribution in [-0.4, -0.2) is 19.9 Å². The first-order valence-corrected chi connectivity index (χ1v) is 10.7. The number of hydrogen-bond acceptors (Lipinski definition) is 5. The van der Waals surface area contributed by atoms with E-state index in [1.807, 2.05) is 0 Å². The summed E-state index contributed by atoms with van der Waals surface area (Å²) in [6.45, 7) is 0.